The largest absolute Gasteiger partial charge is 0.378 e. The van der Waals surface area contributed by atoms with Crippen LogP contribution in [0.4, 0.5) is 4.39 Å². The van der Waals surface area contributed by atoms with Crippen molar-refractivity contribution < 1.29 is 9.13 Å². The zero-order chi connectivity index (χ0) is 14.4. The number of hydrogen-bond acceptors (Lipinski definition) is 2. The molecule has 1 aromatic rings. The first-order chi connectivity index (χ1) is 9.69. The van der Waals surface area contributed by atoms with Gasteiger partial charge in [0.25, 0.3) is 0 Å². The van der Waals surface area contributed by atoms with E-state index in [4.69, 9.17) is 4.74 Å². The second-order valence-corrected chi connectivity index (χ2v) is 6.33. The van der Waals surface area contributed by atoms with E-state index in [0.29, 0.717) is 12.5 Å². The maximum absolute atomic E-state index is 13.9. The van der Waals surface area contributed by atoms with Crippen LogP contribution >= 0.6 is 15.9 Å². The van der Waals surface area contributed by atoms with Crippen molar-refractivity contribution in [2.45, 2.75) is 51.2 Å². The second kappa shape index (κ2) is 8.11. The molecule has 0 spiro atoms. The minimum atomic E-state index is -0.133. The summed E-state index contributed by atoms with van der Waals surface area (Å²) in [6.45, 7) is 3.86. The highest BCUT2D eigenvalue weighted by molar-refractivity contribution is 9.10. The first kappa shape index (κ1) is 15.9. The molecule has 1 aliphatic heterocycles. The summed E-state index contributed by atoms with van der Waals surface area (Å²) >= 11 is 3.30. The number of hydrogen-bond donors (Lipinski definition) is 1. The van der Waals surface area contributed by atoms with Crippen molar-refractivity contribution in [1.29, 1.82) is 0 Å². The highest BCUT2D eigenvalue weighted by Gasteiger charge is 2.20. The Hall–Kier alpha value is -0.450. The smallest absolute Gasteiger partial charge is 0.127 e. The topological polar surface area (TPSA) is 21.3 Å². The molecule has 0 saturated carbocycles. The molecule has 0 amide bonds. The molecule has 0 aliphatic carbocycles. The fraction of sp³-hybridized carbons (Fsp3) is 0.625. The zero-order valence-corrected chi connectivity index (χ0v) is 13.6. The molecule has 0 radical (unpaired) electrons. The van der Waals surface area contributed by atoms with E-state index >= 15 is 0 Å². The average molecular weight is 344 g/mol. The van der Waals surface area contributed by atoms with Crippen LogP contribution in [-0.2, 0) is 11.2 Å². The highest BCUT2D eigenvalue weighted by atomic mass is 79.9. The lowest BCUT2D eigenvalue weighted by molar-refractivity contribution is 0.00530. The van der Waals surface area contributed by atoms with Crippen LogP contribution in [-0.4, -0.2) is 25.3 Å². The molecule has 2 rings (SSSR count). The minimum absolute atomic E-state index is 0.133. The molecule has 112 valence electrons. The van der Waals surface area contributed by atoms with Crippen molar-refractivity contribution >= 4 is 15.9 Å². The van der Waals surface area contributed by atoms with Crippen molar-refractivity contribution in [2.75, 3.05) is 13.2 Å². The minimum Gasteiger partial charge on any atom is -0.378 e. The number of ether oxygens (including phenoxy) is 1. The van der Waals surface area contributed by atoms with Gasteiger partial charge in [0.15, 0.2) is 0 Å². The molecule has 0 bridgehead atoms. The van der Waals surface area contributed by atoms with Gasteiger partial charge >= 0.3 is 0 Å². The Kier molecular flexibility index (Phi) is 6.46. The van der Waals surface area contributed by atoms with Crippen LogP contribution in [0.15, 0.2) is 22.7 Å². The molecular weight excluding hydrogens is 321 g/mol. The Morgan fingerprint density at radius 3 is 2.95 bits per heavy atom. The molecule has 2 nitrogen and oxygen atoms in total. The third-order valence-corrected chi connectivity index (χ3v) is 4.29. The maximum atomic E-state index is 13.9. The summed E-state index contributed by atoms with van der Waals surface area (Å²) in [6.07, 6.45) is 5.55. The Balaban J connectivity index is 1.96. The van der Waals surface area contributed by atoms with Crippen LogP contribution in [0.25, 0.3) is 0 Å². The normalized spacial score (nSPS) is 20.9. The summed E-state index contributed by atoms with van der Waals surface area (Å²) in [6, 6.07) is 5.58. The Morgan fingerprint density at radius 1 is 1.45 bits per heavy atom. The van der Waals surface area contributed by atoms with E-state index in [0.717, 1.165) is 36.0 Å². The number of nitrogens with one attached hydrogen (secondary N) is 1. The Morgan fingerprint density at radius 2 is 2.30 bits per heavy atom. The van der Waals surface area contributed by atoms with Crippen molar-refractivity contribution in [3.63, 3.8) is 0 Å². The SMILES string of the molecule is CCNC(Cc1ccc(Br)cc1F)CC1CCCCO1. The van der Waals surface area contributed by atoms with Gasteiger partial charge in [0, 0.05) is 17.1 Å². The summed E-state index contributed by atoms with van der Waals surface area (Å²) in [5, 5.41) is 3.46. The van der Waals surface area contributed by atoms with Crippen molar-refractivity contribution in [1.82, 2.24) is 5.32 Å². The monoisotopic (exact) mass is 343 g/mol. The Labute approximate surface area is 129 Å². The number of halogens is 2. The summed E-state index contributed by atoms with van der Waals surface area (Å²) in [7, 11) is 0. The lowest BCUT2D eigenvalue weighted by Crippen LogP contribution is -2.36. The molecule has 1 aromatic carbocycles. The average Bonchev–Trinajstić information content (AvgIpc) is 2.43. The van der Waals surface area contributed by atoms with Gasteiger partial charge in [-0.05, 0) is 56.3 Å². The molecule has 0 aromatic heterocycles. The van der Waals surface area contributed by atoms with Crippen LogP contribution in [0.1, 0.15) is 38.2 Å². The van der Waals surface area contributed by atoms with Gasteiger partial charge in [0.05, 0.1) is 6.10 Å². The fourth-order valence-corrected chi connectivity index (χ4v) is 3.12. The summed E-state index contributed by atoms with van der Waals surface area (Å²) in [5.41, 5.74) is 0.773. The summed E-state index contributed by atoms with van der Waals surface area (Å²) in [5.74, 6) is -0.133. The standard InChI is InChI=1S/C16H23BrFNO/c1-2-19-14(11-15-5-3-4-8-20-15)9-12-6-7-13(17)10-16(12)18/h6-7,10,14-15,19H,2-5,8-9,11H2,1H3. The van der Waals surface area contributed by atoms with Gasteiger partial charge in [0.1, 0.15) is 5.82 Å². The van der Waals surface area contributed by atoms with E-state index in [1.54, 1.807) is 0 Å². The predicted molar refractivity (Wildman–Crippen MR) is 83.5 cm³/mol. The molecule has 1 fully saturated rings. The lowest BCUT2D eigenvalue weighted by atomic mass is 9.96. The van der Waals surface area contributed by atoms with Crippen molar-refractivity contribution in [2.24, 2.45) is 0 Å². The third-order valence-electron chi connectivity index (χ3n) is 3.80. The quantitative estimate of drug-likeness (QED) is 0.840. The molecule has 4 heteroatoms. The summed E-state index contributed by atoms with van der Waals surface area (Å²) < 4.78 is 20.5. The number of rotatable bonds is 6. The van der Waals surface area contributed by atoms with E-state index in [-0.39, 0.29) is 11.9 Å². The second-order valence-electron chi connectivity index (χ2n) is 5.42. The molecule has 2 atom stereocenters. The van der Waals surface area contributed by atoms with Crippen LogP contribution in [0.2, 0.25) is 0 Å². The van der Waals surface area contributed by atoms with Gasteiger partial charge in [-0.1, -0.05) is 28.9 Å². The zero-order valence-electron chi connectivity index (χ0n) is 12.0. The van der Waals surface area contributed by atoms with Gasteiger partial charge in [-0.15, -0.1) is 0 Å². The van der Waals surface area contributed by atoms with Gasteiger partial charge in [-0.3, -0.25) is 0 Å². The van der Waals surface area contributed by atoms with E-state index in [2.05, 4.69) is 28.2 Å². The third kappa shape index (κ3) is 4.83. The van der Waals surface area contributed by atoms with Crippen molar-refractivity contribution in [3.05, 3.63) is 34.1 Å². The van der Waals surface area contributed by atoms with E-state index in [9.17, 15) is 4.39 Å². The molecule has 2 unspecified atom stereocenters. The first-order valence-electron chi connectivity index (χ1n) is 7.48. The van der Waals surface area contributed by atoms with Gasteiger partial charge in [0.2, 0.25) is 0 Å². The van der Waals surface area contributed by atoms with Crippen LogP contribution in [0, 0.1) is 5.82 Å². The van der Waals surface area contributed by atoms with Crippen LogP contribution in [0.3, 0.4) is 0 Å². The van der Waals surface area contributed by atoms with E-state index in [1.165, 1.54) is 18.9 Å². The number of likely N-dealkylation sites (N-methyl/N-ethyl adjacent to an activating group) is 1. The molecule has 1 saturated heterocycles. The van der Waals surface area contributed by atoms with Crippen LogP contribution < -0.4 is 5.32 Å². The van der Waals surface area contributed by atoms with Gasteiger partial charge in [-0.2, -0.15) is 0 Å². The van der Waals surface area contributed by atoms with E-state index in [1.807, 2.05) is 12.1 Å². The molecular formula is C16H23BrFNO. The molecule has 1 heterocycles. The summed E-state index contributed by atoms with van der Waals surface area (Å²) in [4.78, 5) is 0. The van der Waals surface area contributed by atoms with Crippen LogP contribution in [0.5, 0.6) is 0 Å². The van der Waals surface area contributed by atoms with Gasteiger partial charge in [-0.25, -0.2) is 4.39 Å². The van der Waals surface area contributed by atoms with E-state index < -0.39 is 0 Å². The highest BCUT2D eigenvalue weighted by Crippen LogP contribution is 2.21. The maximum Gasteiger partial charge on any atom is 0.127 e. The molecule has 1 N–H and O–H groups in total. The predicted octanol–water partition coefficient (Wildman–Crippen LogP) is 4.07. The number of benzene rings is 1. The Bertz CT molecular complexity index is 421. The lowest BCUT2D eigenvalue weighted by Gasteiger charge is -2.27. The van der Waals surface area contributed by atoms with Crippen molar-refractivity contribution in [3.8, 4) is 0 Å². The first-order valence-corrected chi connectivity index (χ1v) is 8.27. The molecule has 20 heavy (non-hydrogen) atoms. The fourth-order valence-electron chi connectivity index (χ4n) is 2.79. The molecule has 1 aliphatic rings. The van der Waals surface area contributed by atoms with Gasteiger partial charge < -0.3 is 10.1 Å².